The molecule has 11 heteroatoms. The first-order valence-electron chi connectivity index (χ1n) is 6.74. The van der Waals surface area contributed by atoms with E-state index in [-0.39, 0.29) is 19.0 Å². The van der Waals surface area contributed by atoms with Gasteiger partial charge >= 0.3 is 17.9 Å². The van der Waals surface area contributed by atoms with Crippen molar-refractivity contribution in [2.24, 2.45) is 5.92 Å². The molecule has 1 aromatic carbocycles. The Morgan fingerprint density at radius 2 is 1.54 bits per heavy atom. The van der Waals surface area contributed by atoms with E-state index in [0.29, 0.717) is 0 Å². The number of benzene rings is 1. The molecule has 142 valence electrons. The molecule has 0 saturated heterocycles. The molecule has 0 radical (unpaired) electrons. The number of rotatable bonds is 6. The van der Waals surface area contributed by atoms with Crippen LogP contribution < -0.4 is 0 Å². The SMILES string of the molecule is COC(=O)CC(C(=O)OC)C(=Cc1c(Br)c(O)c(O)c(Br)c1Br)C(=O)O. The average Bonchev–Trinajstić information content (AvgIpc) is 2.62. The third-order valence-corrected chi connectivity index (χ3v) is 6.24. The van der Waals surface area contributed by atoms with Gasteiger partial charge in [0.15, 0.2) is 11.5 Å². The van der Waals surface area contributed by atoms with Gasteiger partial charge in [-0.3, -0.25) is 9.59 Å². The van der Waals surface area contributed by atoms with Crippen molar-refractivity contribution < 1.29 is 39.2 Å². The van der Waals surface area contributed by atoms with Gasteiger partial charge in [-0.15, -0.1) is 0 Å². The Balaban J connectivity index is 3.65. The zero-order valence-electron chi connectivity index (χ0n) is 13.4. The van der Waals surface area contributed by atoms with Crippen molar-refractivity contribution in [2.75, 3.05) is 14.2 Å². The summed E-state index contributed by atoms with van der Waals surface area (Å²) in [7, 11) is 2.16. The number of hydrogen-bond donors (Lipinski definition) is 3. The van der Waals surface area contributed by atoms with Gasteiger partial charge in [-0.1, -0.05) is 0 Å². The molecule has 1 aromatic rings. The minimum absolute atomic E-state index is 0.0227. The lowest BCUT2D eigenvalue weighted by atomic mass is 9.93. The van der Waals surface area contributed by atoms with E-state index in [9.17, 15) is 29.7 Å². The molecule has 1 unspecified atom stereocenters. The van der Waals surface area contributed by atoms with Gasteiger partial charge in [0.25, 0.3) is 0 Å². The largest absolute Gasteiger partial charge is 0.503 e. The second-order valence-corrected chi connectivity index (χ2v) is 7.19. The Morgan fingerprint density at radius 3 is 2.00 bits per heavy atom. The number of carbonyl (C=O) groups is 3. The maximum absolute atomic E-state index is 12.0. The van der Waals surface area contributed by atoms with Gasteiger partial charge < -0.3 is 24.8 Å². The topological polar surface area (TPSA) is 130 Å². The van der Waals surface area contributed by atoms with Gasteiger partial charge in [0.05, 0.1) is 41.1 Å². The molecular formula is C15H13Br3O8. The van der Waals surface area contributed by atoms with Crippen LogP contribution in [0.5, 0.6) is 11.5 Å². The summed E-state index contributed by atoms with van der Waals surface area (Å²) in [5.41, 5.74) is -0.357. The van der Waals surface area contributed by atoms with E-state index in [1.54, 1.807) is 0 Å². The smallest absolute Gasteiger partial charge is 0.332 e. The number of aliphatic carboxylic acids is 1. The second-order valence-electron chi connectivity index (χ2n) is 4.81. The first-order chi connectivity index (χ1) is 12.1. The van der Waals surface area contributed by atoms with E-state index >= 15 is 0 Å². The summed E-state index contributed by atoms with van der Waals surface area (Å²) >= 11 is 9.28. The summed E-state index contributed by atoms with van der Waals surface area (Å²) in [5.74, 6) is -5.69. The molecule has 0 amide bonds. The summed E-state index contributed by atoms with van der Waals surface area (Å²) < 4.78 is 9.32. The minimum Gasteiger partial charge on any atom is -0.503 e. The van der Waals surface area contributed by atoms with Gasteiger partial charge in [-0.25, -0.2) is 4.79 Å². The quantitative estimate of drug-likeness (QED) is 0.209. The van der Waals surface area contributed by atoms with Crippen molar-refractivity contribution in [3.05, 3.63) is 24.6 Å². The first kappa shape index (κ1) is 22.5. The Bertz CT molecular complexity index is 759. The molecule has 0 spiro atoms. The fourth-order valence-corrected chi connectivity index (χ4v) is 3.63. The molecular weight excluding hydrogens is 548 g/mol. The molecule has 3 N–H and O–H groups in total. The van der Waals surface area contributed by atoms with Crippen molar-refractivity contribution in [3.63, 3.8) is 0 Å². The van der Waals surface area contributed by atoms with Crippen LogP contribution in [0.3, 0.4) is 0 Å². The van der Waals surface area contributed by atoms with E-state index in [1.807, 2.05) is 0 Å². The van der Waals surface area contributed by atoms with E-state index in [1.165, 1.54) is 0 Å². The zero-order valence-corrected chi connectivity index (χ0v) is 18.1. The van der Waals surface area contributed by atoms with Crippen LogP contribution in [-0.2, 0) is 23.9 Å². The maximum Gasteiger partial charge on any atom is 0.332 e. The van der Waals surface area contributed by atoms with Crippen LogP contribution in [0.15, 0.2) is 19.0 Å². The predicted octanol–water partition coefficient (Wildman–Crippen LogP) is 3.21. The number of hydrogen-bond acceptors (Lipinski definition) is 7. The average molecular weight is 561 g/mol. The van der Waals surface area contributed by atoms with E-state index in [0.717, 1.165) is 20.3 Å². The number of carbonyl (C=O) groups excluding carboxylic acids is 2. The highest BCUT2D eigenvalue weighted by molar-refractivity contribution is 9.13. The number of carboxylic acid groups (broad SMARTS) is 1. The van der Waals surface area contributed by atoms with Crippen LogP contribution in [0.2, 0.25) is 0 Å². The fraction of sp³-hybridized carbons (Fsp3) is 0.267. The lowest BCUT2D eigenvalue weighted by Gasteiger charge is -2.16. The lowest BCUT2D eigenvalue weighted by molar-refractivity contribution is -0.152. The number of phenolic OH excluding ortho intramolecular Hbond substituents is 2. The number of phenols is 2. The summed E-state index contributed by atoms with van der Waals surface area (Å²) in [4.78, 5) is 35.3. The summed E-state index contributed by atoms with van der Waals surface area (Å²) in [6.45, 7) is 0. The lowest BCUT2D eigenvalue weighted by Crippen LogP contribution is -2.26. The van der Waals surface area contributed by atoms with E-state index in [2.05, 4.69) is 57.3 Å². The molecule has 0 aliphatic heterocycles. The molecule has 0 fully saturated rings. The summed E-state index contributed by atoms with van der Waals surface area (Å²) in [6.07, 6.45) is 0.521. The Kier molecular flexibility index (Phi) is 8.10. The highest BCUT2D eigenvalue weighted by atomic mass is 79.9. The summed E-state index contributed by atoms with van der Waals surface area (Å²) in [5, 5.41) is 29.3. The third kappa shape index (κ3) is 4.77. The molecule has 0 heterocycles. The Morgan fingerprint density at radius 1 is 1.00 bits per heavy atom. The predicted molar refractivity (Wildman–Crippen MR) is 101 cm³/mol. The number of esters is 2. The zero-order chi connectivity index (χ0) is 20.2. The first-order valence-corrected chi connectivity index (χ1v) is 9.12. The number of carboxylic acids is 1. The van der Waals surface area contributed by atoms with Gasteiger partial charge in [0.1, 0.15) is 0 Å². The van der Waals surface area contributed by atoms with Gasteiger partial charge in [-0.05, 0) is 53.9 Å². The molecule has 1 atom stereocenters. The van der Waals surface area contributed by atoms with E-state index in [4.69, 9.17) is 0 Å². The van der Waals surface area contributed by atoms with Crippen molar-refractivity contribution in [2.45, 2.75) is 6.42 Å². The molecule has 8 nitrogen and oxygen atoms in total. The number of halogens is 3. The van der Waals surface area contributed by atoms with Gasteiger partial charge in [0, 0.05) is 10.0 Å². The maximum atomic E-state index is 12.0. The molecule has 1 rings (SSSR count). The minimum atomic E-state index is -1.48. The van der Waals surface area contributed by atoms with E-state index < -0.39 is 47.3 Å². The Labute approximate surface area is 173 Å². The molecule has 0 saturated carbocycles. The van der Waals surface area contributed by atoms with Crippen LogP contribution in [-0.4, -0.2) is 47.4 Å². The number of aromatic hydroxyl groups is 2. The number of ether oxygens (including phenoxy) is 2. The monoisotopic (exact) mass is 558 g/mol. The van der Waals surface area contributed by atoms with Gasteiger partial charge in [-0.2, -0.15) is 0 Å². The third-order valence-electron chi connectivity index (χ3n) is 3.31. The van der Waals surface area contributed by atoms with Crippen molar-refractivity contribution in [3.8, 4) is 11.5 Å². The highest BCUT2D eigenvalue weighted by Crippen LogP contribution is 2.48. The highest BCUT2D eigenvalue weighted by Gasteiger charge is 2.32. The van der Waals surface area contributed by atoms with Crippen LogP contribution >= 0.6 is 47.8 Å². The standard InChI is InChI=1S/C15H13Br3O8/c1-25-8(19)4-6(15(24)26-2)5(14(22)23)3-7-9(16)11(18)13(21)12(20)10(7)17/h3,6,20-21H,4H2,1-2H3,(H,22,23). The van der Waals surface area contributed by atoms with Crippen LogP contribution in [0.4, 0.5) is 0 Å². The van der Waals surface area contributed by atoms with Gasteiger partial charge in [0.2, 0.25) is 0 Å². The molecule has 0 aliphatic carbocycles. The fourth-order valence-electron chi connectivity index (χ4n) is 1.96. The summed E-state index contributed by atoms with van der Waals surface area (Å²) in [6, 6.07) is 0. The second kappa shape index (κ2) is 9.38. The normalized spacial score (nSPS) is 12.4. The van der Waals surface area contributed by atoms with Crippen molar-refractivity contribution >= 4 is 71.8 Å². The molecule has 0 aliphatic rings. The van der Waals surface area contributed by atoms with Crippen LogP contribution in [0.25, 0.3) is 6.08 Å². The molecule has 0 aromatic heterocycles. The molecule has 26 heavy (non-hydrogen) atoms. The Hall–Kier alpha value is -1.59. The van der Waals surface area contributed by atoms with Crippen LogP contribution in [0, 0.1) is 5.92 Å². The van der Waals surface area contributed by atoms with Crippen molar-refractivity contribution in [1.82, 2.24) is 0 Å². The van der Waals surface area contributed by atoms with Crippen molar-refractivity contribution in [1.29, 1.82) is 0 Å². The number of methoxy groups -OCH3 is 2. The molecule has 0 bridgehead atoms. The van der Waals surface area contributed by atoms with Crippen LogP contribution in [0.1, 0.15) is 12.0 Å².